The third-order valence-corrected chi connectivity index (χ3v) is 5.67. The number of aryl methyl sites for hydroxylation is 1. The molecule has 3 N–H and O–H groups in total. The lowest BCUT2D eigenvalue weighted by Gasteiger charge is -2.10. The zero-order valence-corrected chi connectivity index (χ0v) is 14.0. The lowest BCUT2D eigenvalue weighted by atomic mass is 10.2. The summed E-state index contributed by atoms with van der Waals surface area (Å²) in [7, 11) is -3.56. The number of hydrogen-bond donors (Lipinski definition) is 2. The first-order valence-electron chi connectivity index (χ1n) is 5.82. The largest absolute Gasteiger partial charge is 0.398 e. The van der Waals surface area contributed by atoms with Crippen LogP contribution in [0.4, 0.5) is 5.69 Å². The first kappa shape index (κ1) is 15.4. The molecule has 8 heteroatoms. The highest BCUT2D eigenvalue weighted by Gasteiger charge is 2.17. The van der Waals surface area contributed by atoms with E-state index in [1.165, 1.54) is 17.4 Å². The van der Waals surface area contributed by atoms with Crippen molar-refractivity contribution in [1.29, 1.82) is 0 Å². The van der Waals surface area contributed by atoms with Gasteiger partial charge in [-0.25, -0.2) is 18.1 Å². The van der Waals surface area contributed by atoms with Gasteiger partial charge in [0.1, 0.15) is 0 Å². The van der Waals surface area contributed by atoms with Gasteiger partial charge in [0, 0.05) is 28.5 Å². The van der Waals surface area contributed by atoms with Gasteiger partial charge in [-0.2, -0.15) is 0 Å². The zero-order valence-electron chi connectivity index (χ0n) is 10.8. The SMILES string of the molecule is Cc1cc(Br)c(N)cc1S(=O)(=O)NCCc1cscn1. The highest BCUT2D eigenvalue weighted by Crippen LogP contribution is 2.26. The van der Waals surface area contributed by atoms with Crippen molar-refractivity contribution in [2.24, 2.45) is 0 Å². The summed E-state index contributed by atoms with van der Waals surface area (Å²) in [6.45, 7) is 2.04. The van der Waals surface area contributed by atoms with Crippen LogP contribution < -0.4 is 10.5 Å². The molecule has 20 heavy (non-hydrogen) atoms. The Kier molecular flexibility index (Phi) is 4.79. The number of rotatable bonds is 5. The van der Waals surface area contributed by atoms with Crippen LogP contribution in [0.15, 0.2) is 32.4 Å². The summed E-state index contributed by atoms with van der Waals surface area (Å²) >= 11 is 4.77. The minimum atomic E-state index is -3.56. The second-order valence-corrected chi connectivity index (χ2v) is 7.58. The molecule has 108 valence electrons. The molecule has 1 aromatic heterocycles. The Hall–Kier alpha value is -0.960. The number of thiazole rings is 1. The van der Waals surface area contributed by atoms with E-state index in [1.807, 2.05) is 5.38 Å². The van der Waals surface area contributed by atoms with Crippen LogP contribution in [0.3, 0.4) is 0 Å². The molecule has 0 saturated carbocycles. The van der Waals surface area contributed by atoms with Gasteiger partial charge >= 0.3 is 0 Å². The van der Waals surface area contributed by atoms with Crippen LogP contribution in [0, 0.1) is 6.92 Å². The molecule has 0 amide bonds. The van der Waals surface area contributed by atoms with E-state index in [0.717, 1.165) is 5.69 Å². The number of anilines is 1. The Labute approximate surface area is 130 Å². The number of sulfonamides is 1. The second-order valence-electron chi connectivity index (χ2n) is 4.27. The summed E-state index contributed by atoms with van der Waals surface area (Å²) in [6.07, 6.45) is 0.563. The molecule has 0 bridgehead atoms. The van der Waals surface area contributed by atoms with Crippen molar-refractivity contribution in [3.05, 3.63) is 38.8 Å². The molecule has 0 radical (unpaired) electrons. The highest BCUT2D eigenvalue weighted by molar-refractivity contribution is 9.10. The lowest BCUT2D eigenvalue weighted by Crippen LogP contribution is -2.26. The molecular weight excluding hydrogens is 362 g/mol. The van der Waals surface area contributed by atoms with Crippen LogP contribution >= 0.6 is 27.3 Å². The fraction of sp³-hybridized carbons (Fsp3) is 0.250. The summed E-state index contributed by atoms with van der Waals surface area (Å²) in [5.74, 6) is 0. The molecule has 0 unspecified atom stereocenters. The van der Waals surface area contributed by atoms with Gasteiger partial charge in [-0.3, -0.25) is 0 Å². The number of hydrogen-bond acceptors (Lipinski definition) is 5. The van der Waals surface area contributed by atoms with Gasteiger partial charge < -0.3 is 5.73 Å². The van der Waals surface area contributed by atoms with Gasteiger partial charge in [-0.1, -0.05) is 0 Å². The second kappa shape index (κ2) is 6.21. The van der Waals surface area contributed by atoms with E-state index in [-0.39, 0.29) is 4.90 Å². The van der Waals surface area contributed by atoms with E-state index >= 15 is 0 Å². The van der Waals surface area contributed by atoms with Crippen molar-refractivity contribution in [1.82, 2.24) is 9.71 Å². The van der Waals surface area contributed by atoms with Crippen molar-refractivity contribution >= 4 is 43.0 Å². The maximum absolute atomic E-state index is 12.2. The first-order valence-corrected chi connectivity index (χ1v) is 9.04. The molecule has 5 nitrogen and oxygen atoms in total. The molecule has 0 saturated heterocycles. The Morgan fingerprint density at radius 3 is 2.85 bits per heavy atom. The molecule has 0 aliphatic carbocycles. The normalized spacial score (nSPS) is 11.7. The molecule has 0 spiro atoms. The van der Waals surface area contributed by atoms with Crippen LogP contribution in [-0.4, -0.2) is 19.9 Å². The smallest absolute Gasteiger partial charge is 0.240 e. The van der Waals surface area contributed by atoms with Gasteiger partial charge in [0.2, 0.25) is 10.0 Å². The minimum Gasteiger partial charge on any atom is -0.398 e. The number of halogens is 1. The number of benzene rings is 1. The highest BCUT2D eigenvalue weighted by atomic mass is 79.9. The average Bonchev–Trinajstić information content (AvgIpc) is 2.86. The first-order chi connectivity index (χ1) is 9.40. The number of nitrogen functional groups attached to an aromatic ring is 1. The summed E-state index contributed by atoms with van der Waals surface area (Å²) in [5, 5.41) is 1.90. The maximum Gasteiger partial charge on any atom is 0.240 e. The van der Waals surface area contributed by atoms with Crippen molar-refractivity contribution in [3.8, 4) is 0 Å². The van der Waals surface area contributed by atoms with Gasteiger partial charge in [0.25, 0.3) is 0 Å². The van der Waals surface area contributed by atoms with Crippen LogP contribution in [0.2, 0.25) is 0 Å². The van der Waals surface area contributed by atoms with E-state index in [9.17, 15) is 8.42 Å². The maximum atomic E-state index is 12.2. The number of nitrogens with zero attached hydrogens (tertiary/aromatic N) is 1. The van der Waals surface area contributed by atoms with Gasteiger partial charge in [0.05, 0.1) is 16.1 Å². The summed E-state index contributed by atoms with van der Waals surface area (Å²) in [6, 6.07) is 3.16. The van der Waals surface area contributed by atoms with Crippen LogP contribution in [0.25, 0.3) is 0 Å². The lowest BCUT2D eigenvalue weighted by molar-refractivity contribution is 0.581. The Balaban J connectivity index is 2.12. The fourth-order valence-electron chi connectivity index (χ4n) is 1.71. The average molecular weight is 376 g/mol. The minimum absolute atomic E-state index is 0.205. The molecule has 1 aromatic carbocycles. The topological polar surface area (TPSA) is 85.1 Å². The molecule has 2 rings (SSSR count). The van der Waals surface area contributed by atoms with Gasteiger partial charge in [-0.15, -0.1) is 11.3 Å². The third-order valence-electron chi connectivity index (χ3n) is 2.74. The van der Waals surface area contributed by atoms with E-state index in [1.54, 1.807) is 18.5 Å². The van der Waals surface area contributed by atoms with Gasteiger partial charge in [0.15, 0.2) is 0 Å². The monoisotopic (exact) mass is 375 g/mol. The zero-order chi connectivity index (χ0) is 14.8. The summed E-state index contributed by atoms with van der Waals surface area (Å²) < 4.78 is 27.7. The van der Waals surface area contributed by atoms with E-state index in [0.29, 0.717) is 28.7 Å². The Bertz CT molecular complexity index is 700. The van der Waals surface area contributed by atoms with E-state index in [2.05, 4.69) is 25.6 Å². The number of nitrogens with one attached hydrogen (secondary N) is 1. The Morgan fingerprint density at radius 2 is 2.20 bits per heavy atom. The number of aromatic nitrogens is 1. The van der Waals surface area contributed by atoms with Crippen molar-refractivity contribution in [3.63, 3.8) is 0 Å². The Morgan fingerprint density at radius 1 is 1.45 bits per heavy atom. The van der Waals surface area contributed by atoms with Crippen molar-refractivity contribution in [2.75, 3.05) is 12.3 Å². The molecule has 0 fully saturated rings. The molecule has 0 aliphatic rings. The third kappa shape index (κ3) is 3.57. The molecule has 2 aromatic rings. The fourth-order valence-corrected chi connectivity index (χ4v) is 4.05. The number of nitrogens with two attached hydrogens (primary N) is 1. The molecule has 1 heterocycles. The van der Waals surface area contributed by atoms with Gasteiger partial charge in [-0.05, 0) is 40.5 Å². The van der Waals surface area contributed by atoms with Crippen LogP contribution in [0.5, 0.6) is 0 Å². The predicted molar refractivity (Wildman–Crippen MR) is 84.3 cm³/mol. The van der Waals surface area contributed by atoms with E-state index < -0.39 is 10.0 Å². The van der Waals surface area contributed by atoms with Crippen molar-refractivity contribution < 1.29 is 8.42 Å². The molecule has 0 aliphatic heterocycles. The predicted octanol–water partition coefficient (Wildman–Crippen LogP) is 2.32. The molecular formula is C12H14BrN3O2S2. The van der Waals surface area contributed by atoms with E-state index in [4.69, 9.17) is 5.73 Å². The van der Waals surface area contributed by atoms with Crippen molar-refractivity contribution in [2.45, 2.75) is 18.2 Å². The summed E-state index contributed by atoms with van der Waals surface area (Å²) in [4.78, 5) is 4.31. The standard InChI is InChI=1S/C12H14BrN3O2S2/c1-8-4-10(13)11(14)5-12(8)20(17,18)16-3-2-9-6-19-7-15-9/h4-7,16H,2-3,14H2,1H3. The quantitative estimate of drug-likeness (QED) is 0.785. The summed E-state index contributed by atoms with van der Waals surface area (Å²) in [5.41, 5.74) is 9.39. The molecule has 0 atom stereocenters. The van der Waals surface area contributed by atoms with Crippen LogP contribution in [-0.2, 0) is 16.4 Å². The van der Waals surface area contributed by atoms with Crippen LogP contribution in [0.1, 0.15) is 11.3 Å².